The van der Waals surface area contributed by atoms with Gasteiger partial charge in [0, 0.05) is 12.1 Å². The molecule has 0 bridgehead atoms. The van der Waals surface area contributed by atoms with Crippen LogP contribution in [0.5, 0.6) is 0 Å². The molecule has 1 aliphatic carbocycles. The van der Waals surface area contributed by atoms with Crippen LogP contribution in [0.15, 0.2) is 11.3 Å². The molecule has 0 amide bonds. The van der Waals surface area contributed by atoms with Crippen LogP contribution in [0.3, 0.4) is 0 Å². The first-order valence-corrected chi connectivity index (χ1v) is 2.90. The molecule has 0 saturated carbocycles. The minimum atomic E-state index is -0.255. The first-order valence-electron chi connectivity index (χ1n) is 2.90. The van der Waals surface area contributed by atoms with E-state index < -0.39 is 0 Å². The van der Waals surface area contributed by atoms with Crippen LogP contribution in [0.2, 0.25) is 0 Å². The number of esters is 1. The maximum Gasteiger partial charge on any atom is 0.336 e. The van der Waals surface area contributed by atoms with Crippen molar-refractivity contribution in [1.82, 2.24) is 0 Å². The van der Waals surface area contributed by atoms with Gasteiger partial charge in [-0.3, -0.25) is 0 Å². The van der Waals surface area contributed by atoms with Crippen LogP contribution in [0.4, 0.5) is 0 Å². The van der Waals surface area contributed by atoms with Crippen molar-refractivity contribution < 1.29 is 9.53 Å². The van der Waals surface area contributed by atoms with E-state index in [9.17, 15) is 4.79 Å². The number of hydrogen-bond donors (Lipinski definition) is 1. The van der Waals surface area contributed by atoms with Crippen molar-refractivity contribution in [1.29, 1.82) is 0 Å². The molecule has 0 heterocycles. The van der Waals surface area contributed by atoms with Crippen molar-refractivity contribution in [2.24, 2.45) is 5.73 Å². The Kier molecular flexibility index (Phi) is 1.42. The quantitative estimate of drug-likeness (QED) is 0.538. The van der Waals surface area contributed by atoms with Gasteiger partial charge in [0.15, 0.2) is 0 Å². The molecule has 1 aliphatic rings. The standard InChI is InChI=1S/C6H9NO2/c1-2-9-6(8)4-3-5(4)7/h2-3,7H2,1H3. The van der Waals surface area contributed by atoms with Crippen LogP contribution in [-0.2, 0) is 9.53 Å². The molecule has 0 spiro atoms. The Morgan fingerprint density at radius 1 is 1.89 bits per heavy atom. The summed E-state index contributed by atoms with van der Waals surface area (Å²) in [5, 5.41) is 0. The fourth-order valence-corrected chi connectivity index (χ4v) is 0.568. The van der Waals surface area contributed by atoms with Crippen LogP contribution in [0.25, 0.3) is 0 Å². The molecule has 0 aromatic carbocycles. The fourth-order valence-electron chi connectivity index (χ4n) is 0.568. The Balaban J connectivity index is 2.37. The van der Waals surface area contributed by atoms with Crippen molar-refractivity contribution in [2.45, 2.75) is 13.3 Å². The molecule has 50 valence electrons. The molecule has 0 aromatic rings. The second-order valence-corrected chi connectivity index (χ2v) is 1.90. The predicted octanol–water partition coefficient (Wildman–Crippen LogP) is 0.166. The molecule has 1 rings (SSSR count). The Bertz CT molecular complexity index is 172. The third-order valence-electron chi connectivity index (χ3n) is 1.15. The second-order valence-electron chi connectivity index (χ2n) is 1.90. The van der Waals surface area contributed by atoms with Crippen molar-refractivity contribution in [2.75, 3.05) is 6.61 Å². The first-order chi connectivity index (χ1) is 4.25. The van der Waals surface area contributed by atoms with E-state index in [-0.39, 0.29) is 5.97 Å². The molecule has 0 atom stereocenters. The Hall–Kier alpha value is -0.990. The predicted molar refractivity (Wildman–Crippen MR) is 32.5 cm³/mol. The average molecular weight is 127 g/mol. The zero-order chi connectivity index (χ0) is 6.85. The Morgan fingerprint density at radius 3 is 2.78 bits per heavy atom. The third kappa shape index (κ3) is 1.22. The van der Waals surface area contributed by atoms with E-state index in [4.69, 9.17) is 5.73 Å². The molecule has 0 radical (unpaired) electrons. The molecule has 3 nitrogen and oxygen atoms in total. The Labute approximate surface area is 53.5 Å². The number of nitrogens with two attached hydrogens (primary N) is 1. The lowest BCUT2D eigenvalue weighted by Crippen LogP contribution is -2.01. The van der Waals surface area contributed by atoms with Crippen LogP contribution in [0.1, 0.15) is 13.3 Å². The van der Waals surface area contributed by atoms with Gasteiger partial charge in [0.25, 0.3) is 0 Å². The first kappa shape index (κ1) is 6.13. The zero-order valence-corrected chi connectivity index (χ0v) is 5.31. The summed E-state index contributed by atoms with van der Waals surface area (Å²) >= 11 is 0. The topological polar surface area (TPSA) is 52.3 Å². The SMILES string of the molecule is CCOC(=O)C1=C(N)C1. The summed E-state index contributed by atoms with van der Waals surface area (Å²) in [6.07, 6.45) is 0.638. The molecule has 0 aromatic heterocycles. The smallest absolute Gasteiger partial charge is 0.336 e. The van der Waals surface area contributed by atoms with E-state index in [0.717, 1.165) is 0 Å². The highest BCUT2D eigenvalue weighted by atomic mass is 16.5. The van der Waals surface area contributed by atoms with Gasteiger partial charge >= 0.3 is 5.97 Å². The van der Waals surface area contributed by atoms with Gasteiger partial charge in [0.2, 0.25) is 0 Å². The molecule has 3 heteroatoms. The van der Waals surface area contributed by atoms with E-state index in [1.165, 1.54) is 0 Å². The van der Waals surface area contributed by atoms with Crippen LogP contribution in [0, 0.1) is 0 Å². The van der Waals surface area contributed by atoms with Crippen LogP contribution in [-0.4, -0.2) is 12.6 Å². The molecule has 0 fully saturated rings. The van der Waals surface area contributed by atoms with E-state index in [1.807, 2.05) is 0 Å². The summed E-state index contributed by atoms with van der Waals surface area (Å²) in [5.74, 6) is -0.255. The normalized spacial score (nSPS) is 15.7. The van der Waals surface area contributed by atoms with Gasteiger partial charge in [-0.15, -0.1) is 0 Å². The van der Waals surface area contributed by atoms with Gasteiger partial charge in [0.05, 0.1) is 12.2 Å². The van der Waals surface area contributed by atoms with Gasteiger partial charge in [-0.2, -0.15) is 0 Å². The van der Waals surface area contributed by atoms with E-state index in [0.29, 0.717) is 24.3 Å². The fraction of sp³-hybridized carbons (Fsp3) is 0.500. The van der Waals surface area contributed by atoms with Gasteiger partial charge in [-0.25, -0.2) is 4.79 Å². The zero-order valence-electron chi connectivity index (χ0n) is 5.31. The minimum Gasteiger partial charge on any atom is -0.463 e. The molecule has 0 aliphatic heterocycles. The molecular formula is C6H9NO2. The maximum atomic E-state index is 10.7. The summed E-state index contributed by atoms with van der Waals surface area (Å²) < 4.78 is 4.66. The number of carbonyl (C=O) groups is 1. The van der Waals surface area contributed by atoms with Gasteiger partial charge in [0.1, 0.15) is 0 Å². The highest BCUT2D eigenvalue weighted by molar-refractivity contribution is 5.94. The summed E-state index contributed by atoms with van der Waals surface area (Å²) in [6, 6.07) is 0. The van der Waals surface area contributed by atoms with Gasteiger partial charge < -0.3 is 10.5 Å². The summed E-state index contributed by atoms with van der Waals surface area (Å²) in [4.78, 5) is 10.7. The van der Waals surface area contributed by atoms with Crippen LogP contribution >= 0.6 is 0 Å². The van der Waals surface area contributed by atoms with Crippen molar-refractivity contribution in [3.63, 3.8) is 0 Å². The summed E-state index contributed by atoms with van der Waals surface area (Å²) in [6.45, 7) is 2.20. The molecule has 9 heavy (non-hydrogen) atoms. The van der Waals surface area contributed by atoms with Crippen molar-refractivity contribution in [3.05, 3.63) is 11.3 Å². The third-order valence-corrected chi connectivity index (χ3v) is 1.15. The lowest BCUT2D eigenvalue weighted by molar-refractivity contribution is -0.138. The number of hydrogen-bond acceptors (Lipinski definition) is 3. The molecule has 0 saturated heterocycles. The highest BCUT2D eigenvalue weighted by Gasteiger charge is 2.26. The van der Waals surface area contributed by atoms with Gasteiger partial charge in [-0.05, 0) is 6.92 Å². The number of rotatable bonds is 2. The molecular weight excluding hydrogens is 118 g/mol. The van der Waals surface area contributed by atoms with Crippen LogP contribution < -0.4 is 5.73 Å². The van der Waals surface area contributed by atoms with Gasteiger partial charge in [-0.1, -0.05) is 0 Å². The highest BCUT2D eigenvalue weighted by Crippen LogP contribution is 2.26. The lowest BCUT2D eigenvalue weighted by atomic mass is 10.5. The number of allylic oxidation sites excluding steroid dienone is 1. The summed E-state index contributed by atoms with van der Waals surface area (Å²) in [5.41, 5.74) is 6.60. The monoisotopic (exact) mass is 127 g/mol. The maximum absolute atomic E-state index is 10.7. The van der Waals surface area contributed by atoms with Crippen molar-refractivity contribution in [3.8, 4) is 0 Å². The lowest BCUT2D eigenvalue weighted by Gasteiger charge is -1.93. The number of carbonyl (C=O) groups excluding carboxylic acids is 1. The second kappa shape index (κ2) is 2.09. The van der Waals surface area contributed by atoms with E-state index >= 15 is 0 Å². The minimum absolute atomic E-state index is 0.255. The van der Waals surface area contributed by atoms with Crippen molar-refractivity contribution >= 4 is 5.97 Å². The van der Waals surface area contributed by atoms with E-state index in [2.05, 4.69) is 4.74 Å². The Morgan fingerprint density at radius 2 is 2.44 bits per heavy atom. The van der Waals surface area contributed by atoms with E-state index in [1.54, 1.807) is 6.92 Å². The molecule has 2 N–H and O–H groups in total. The largest absolute Gasteiger partial charge is 0.463 e. The number of ether oxygens (including phenoxy) is 1. The average Bonchev–Trinajstić information content (AvgIpc) is 2.47. The molecule has 0 unspecified atom stereocenters. The summed E-state index contributed by atoms with van der Waals surface area (Å²) in [7, 11) is 0.